The van der Waals surface area contributed by atoms with E-state index in [0.29, 0.717) is 12.3 Å². The molecular weight excluding hydrogens is 250 g/mol. The van der Waals surface area contributed by atoms with Crippen molar-refractivity contribution in [3.8, 4) is 0 Å². The third-order valence-corrected chi connectivity index (χ3v) is 3.27. The van der Waals surface area contributed by atoms with Crippen molar-refractivity contribution < 1.29 is 9.53 Å². The van der Waals surface area contributed by atoms with Gasteiger partial charge in [-0.2, -0.15) is 0 Å². The van der Waals surface area contributed by atoms with Crippen LogP contribution in [-0.2, 0) is 9.53 Å². The van der Waals surface area contributed by atoms with Crippen molar-refractivity contribution in [3.05, 3.63) is 53.6 Å². The molecule has 0 N–H and O–H groups in total. The van der Waals surface area contributed by atoms with E-state index in [9.17, 15) is 4.79 Å². The van der Waals surface area contributed by atoms with Crippen LogP contribution in [0.15, 0.2) is 53.1 Å². The zero-order valence-electron chi connectivity index (χ0n) is 12.1. The van der Waals surface area contributed by atoms with E-state index >= 15 is 0 Å². The molecule has 104 valence electrons. The number of cyclic esters (lactones) is 1. The zero-order chi connectivity index (χ0) is 14.7. The highest BCUT2D eigenvalue weighted by atomic mass is 16.5. The van der Waals surface area contributed by atoms with Gasteiger partial charge in [0.2, 0.25) is 5.90 Å². The summed E-state index contributed by atoms with van der Waals surface area (Å²) in [4.78, 5) is 16.4. The van der Waals surface area contributed by atoms with Crippen LogP contribution in [0.1, 0.15) is 25.8 Å². The summed E-state index contributed by atoms with van der Waals surface area (Å²) < 4.78 is 5.34. The molecule has 1 atom stereocenters. The van der Waals surface area contributed by atoms with Crippen LogP contribution in [0, 0.1) is 12.8 Å². The van der Waals surface area contributed by atoms with Gasteiger partial charge in [0.15, 0.2) is 0 Å². The first kappa shape index (κ1) is 14.3. The van der Waals surface area contributed by atoms with Crippen molar-refractivity contribution in [2.24, 2.45) is 10.9 Å². The summed E-state index contributed by atoms with van der Waals surface area (Å²) in [6.45, 7) is 9.66. The monoisotopic (exact) mass is 269 g/mol. The number of ether oxygens (including phenoxy) is 1. The van der Waals surface area contributed by atoms with Crippen LogP contribution in [0.3, 0.4) is 0 Å². The summed E-state index contributed by atoms with van der Waals surface area (Å²) in [7, 11) is 0. The Labute approximate surface area is 119 Å². The Bertz CT molecular complexity index is 590. The van der Waals surface area contributed by atoms with E-state index in [0.717, 1.165) is 16.8 Å². The van der Waals surface area contributed by atoms with E-state index in [1.807, 2.05) is 45.0 Å². The molecule has 1 aliphatic heterocycles. The van der Waals surface area contributed by atoms with E-state index in [-0.39, 0.29) is 11.9 Å². The van der Waals surface area contributed by atoms with Gasteiger partial charge in [0.1, 0.15) is 0 Å². The lowest BCUT2D eigenvalue weighted by molar-refractivity contribution is -0.136. The maximum absolute atomic E-state index is 11.9. The molecule has 1 aromatic carbocycles. The number of benzene rings is 1. The minimum Gasteiger partial charge on any atom is -0.407 e. The predicted octanol–water partition coefficient (Wildman–Crippen LogP) is 4.11. The molecule has 1 unspecified atom stereocenters. The number of hydrogen-bond donors (Lipinski definition) is 0. The molecule has 1 aromatic rings. The first-order valence-electron chi connectivity index (χ1n) is 6.68. The Morgan fingerprint density at radius 3 is 2.55 bits per heavy atom. The molecule has 1 aliphatic rings. The third-order valence-electron chi connectivity index (χ3n) is 3.27. The number of rotatable bonds is 3. The minimum atomic E-state index is -0.276. The van der Waals surface area contributed by atoms with Gasteiger partial charge in [0, 0.05) is 5.57 Å². The van der Waals surface area contributed by atoms with Crippen LogP contribution >= 0.6 is 0 Å². The SMILES string of the molecule is C=CCC1C(=O)OC(=Nc2ccc(C)cc2)C1=C(C)C. The van der Waals surface area contributed by atoms with E-state index < -0.39 is 0 Å². The molecule has 0 bridgehead atoms. The smallest absolute Gasteiger partial charge is 0.320 e. The Hall–Kier alpha value is -2.16. The molecule has 3 nitrogen and oxygen atoms in total. The quantitative estimate of drug-likeness (QED) is 0.612. The summed E-state index contributed by atoms with van der Waals surface area (Å²) in [5.41, 5.74) is 3.89. The molecule has 3 heteroatoms. The van der Waals surface area contributed by atoms with Crippen LogP contribution in [0.5, 0.6) is 0 Å². The van der Waals surface area contributed by atoms with E-state index in [1.54, 1.807) is 6.08 Å². The predicted molar refractivity (Wildman–Crippen MR) is 81.0 cm³/mol. The molecule has 1 saturated heterocycles. The van der Waals surface area contributed by atoms with Crippen LogP contribution in [0.2, 0.25) is 0 Å². The lowest BCUT2D eigenvalue weighted by atomic mass is 9.94. The van der Waals surface area contributed by atoms with Gasteiger partial charge in [-0.05, 0) is 39.3 Å². The average Bonchev–Trinajstić information content (AvgIpc) is 2.69. The average molecular weight is 269 g/mol. The minimum absolute atomic E-state index is 0.244. The zero-order valence-corrected chi connectivity index (χ0v) is 12.1. The number of carbonyl (C=O) groups is 1. The maximum Gasteiger partial charge on any atom is 0.320 e. The second kappa shape index (κ2) is 5.87. The molecule has 0 amide bonds. The van der Waals surface area contributed by atoms with Crippen molar-refractivity contribution in [2.75, 3.05) is 0 Å². The maximum atomic E-state index is 11.9. The topological polar surface area (TPSA) is 38.7 Å². The largest absolute Gasteiger partial charge is 0.407 e. The van der Waals surface area contributed by atoms with E-state index in [2.05, 4.69) is 11.6 Å². The third kappa shape index (κ3) is 2.87. The highest BCUT2D eigenvalue weighted by Gasteiger charge is 2.37. The van der Waals surface area contributed by atoms with E-state index in [1.165, 1.54) is 5.56 Å². The second-order valence-corrected chi connectivity index (χ2v) is 5.16. The molecule has 0 spiro atoms. The van der Waals surface area contributed by atoms with Gasteiger partial charge in [-0.3, -0.25) is 4.79 Å². The number of carbonyl (C=O) groups excluding carboxylic acids is 1. The number of allylic oxidation sites excluding steroid dienone is 2. The van der Waals surface area contributed by atoms with Crippen LogP contribution in [0.4, 0.5) is 5.69 Å². The van der Waals surface area contributed by atoms with Crippen LogP contribution < -0.4 is 0 Å². The number of hydrogen-bond acceptors (Lipinski definition) is 3. The summed E-state index contributed by atoms with van der Waals surface area (Å²) in [5.74, 6) is -0.0978. The summed E-state index contributed by atoms with van der Waals surface area (Å²) >= 11 is 0. The second-order valence-electron chi connectivity index (χ2n) is 5.16. The van der Waals surface area contributed by atoms with Gasteiger partial charge < -0.3 is 4.74 Å². The van der Waals surface area contributed by atoms with Gasteiger partial charge in [-0.1, -0.05) is 29.3 Å². The van der Waals surface area contributed by atoms with Gasteiger partial charge in [-0.15, -0.1) is 6.58 Å². The summed E-state index contributed by atoms with van der Waals surface area (Å²) in [6, 6.07) is 7.80. The highest BCUT2D eigenvalue weighted by molar-refractivity contribution is 6.11. The summed E-state index contributed by atoms with van der Waals surface area (Å²) in [5, 5.41) is 0. The van der Waals surface area contributed by atoms with Crippen LogP contribution in [0.25, 0.3) is 0 Å². The molecule has 2 rings (SSSR count). The number of nitrogens with zero attached hydrogens (tertiary/aromatic N) is 1. The van der Waals surface area contributed by atoms with Crippen molar-refractivity contribution in [2.45, 2.75) is 27.2 Å². The molecule has 1 heterocycles. The Morgan fingerprint density at radius 2 is 2.00 bits per heavy atom. The van der Waals surface area contributed by atoms with Crippen molar-refractivity contribution in [1.82, 2.24) is 0 Å². The number of esters is 1. The fourth-order valence-corrected chi connectivity index (χ4v) is 2.25. The Kier molecular flexibility index (Phi) is 4.18. The fourth-order valence-electron chi connectivity index (χ4n) is 2.25. The van der Waals surface area contributed by atoms with Crippen molar-refractivity contribution in [1.29, 1.82) is 0 Å². The van der Waals surface area contributed by atoms with Crippen LogP contribution in [-0.4, -0.2) is 11.9 Å². The number of aryl methyl sites for hydroxylation is 1. The van der Waals surface area contributed by atoms with Gasteiger partial charge in [0.05, 0.1) is 11.6 Å². The van der Waals surface area contributed by atoms with Gasteiger partial charge >= 0.3 is 5.97 Å². The normalized spacial score (nSPS) is 20.1. The Balaban J connectivity index is 2.41. The molecule has 0 radical (unpaired) electrons. The van der Waals surface area contributed by atoms with Gasteiger partial charge in [0.25, 0.3) is 0 Å². The lowest BCUT2D eigenvalue weighted by Gasteiger charge is -2.06. The highest BCUT2D eigenvalue weighted by Crippen LogP contribution is 2.31. The van der Waals surface area contributed by atoms with Gasteiger partial charge in [-0.25, -0.2) is 4.99 Å². The lowest BCUT2D eigenvalue weighted by Crippen LogP contribution is -2.08. The van der Waals surface area contributed by atoms with E-state index in [4.69, 9.17) is 4.74 Å². The molecular formula is C17H19NO2. The standard InChI is InChI=1S/C17H19NO2/c1-5-6-14-15(11(2)3)16(20-17(14)19)18-13-9-7-12(4)8-10-13/h5,7-10,14H,1,6H2,2-4H3. The fraction of sp³-hybridized carbons (Fsp3) is 0.294. The first-order chi connectivity index (χ1) is 9.52. The van der Waals surface area contributed by atoms with Crippen molar-refractivity contribution in [3.63, 3.8) is 0 Å². The molecule has 0 aromatic heterocycles. The summed E-state index contributed by atoms with van der Waals surface area (Å²) in [6.07, 6.45) is 2.32. The first-order valence-corrected chi connectivity index (χ1v) is 6.68. The molecule has 0 aliphatic carbocycles. The molecule has 20 heavy (non-hydrogen) atoms. The number of aliphatic imine (C=N–C) groups is 1. The van der Waals surface area contributed by atoms with Crippen molar-refractivity contribution >= 4 is 17.6 Å². The molecule has 1 fully saturated rings. The molecule has 0 saturated carbocycles. The Morgan fingerprint density at radius 1 is 1.35 bits per heavy atom.